The summed E-state index contributed by atoms with van der Waals surface area (Å²) in [7, 11) is 0. The Hall–Kier alpha value is -3.58. The van der Waals surface area contributed by atoms with Crippen LogP contribution in [0, 0.1) is 0 Å². The van der Waals surface area contributed by atoms with Gasteiger partial charge < -0.3 is 14.1 Å². The standard InChI is InChI=1S/C24H20N4O2S/c1-2-23-27-20-13-17(8-11-21(20)30-23)26-24(29)16-6-9-19(10-7-16)31-15-18-14-28-12-4-3-5-22(28)25-18/h3-14H,2,15H2,1H3,(H,26,29). The van der Waals surface area contributed by atoms with E-state index in [4.69, 9.17) is 4.42 Å². The van der Waals surface area contributed by atoms with Crippen LogP contribution in [0.1, 0.15) is 28.9 Å². The van der Waals surface area contributed by atoms with Gasteiger partial charge >= 0.3 is 0 Å². The van der Waals surface area contributed by atoms with Crippen molar-refractivity contribution >= 4 is 40.1 Å². The van der Waals surface area contributed by atoms with E-state index in [2.05, 4.69) is 15.3 Å². The molecule has 0 spiro atoms. The van der Waals surface area contributed by atoms with Gasteiger partial charge in [0.2, 0.25) is 0 Å². The predicted molar refractivity (Wildman–Crippen MR) is 123 cm³/mol. The highest BCUT2D eigenvalue weighted by Crippen LogP contribution is 2.24. The van der Waals surface area contributed by atoms with Gasteiger partial charge in [-0.3, -0.25) is 4.79 Å². The highest BCUT2D eigenvalue weighted by atomic mass is 32.2. The lowest BCUT2D eigenvalue weighted by molar-refractivity contribution is 0.102. The van der Waals surface area contributed by atoms with Crippen molar-refractivity contribution in [3.8, 4) is 0 Å². The fourth-order valence-corrected chi connectivity index (χ4v) is 4.11. The van der Waals surface area contributed by atoms with E-state index in [0.717, 1.165) is 39.5 Å². The maximum Gasteiger partial charge on any atom is 0.255 e. The summed E-state index contributed by atoms with van der Waals surface area (Å²) in [5.41, 5.74) is 4.73. The summed E-state index contributed by atoms with van der Waals surface area (Å²) < 4.78 is 7.63. The van der Waals surface area contributed by atoms with E-state index in [1.54, 1.807) is 11.8 Å². The predicted octanol–water partition coefficient (Wildman–Crippen LogP) is 5.58. The molecule has 5 rings (SSSR count). The van der Waals surface area contributed by atoms with E-state index >= 15 is 0 Å². The van der Waals surface area contributed by atoms with Crippen LogP contribution in [0.15, 0.2) is 82.4 Å². The van der Waals surface area contributed by atoms with E-state index in [0.29, 0.717) is 17.1 Å². The summed E-state index contributed by atoms with van der Waals surface area (Å²) in [4.78, 5) is 22.7. The molecule has 0 aliphatic carbocycles. The molecule has 5 aromatic rings. The zero-order chi connectivity index (χ0) is 21.2. The number of fused-ring (bicyclic) bond motifs is 2. The molecule has 1 N–H and O–H groups in total. The van der Waals surface area contributed by atoms with Crippen LogP contribution in [0.2, 0.25) is 0 Å². The third kappa shape index (κ3) is 4.18. The normalized spacial score (nSPS) is 11.3. The molecular formula is C24H20N4O2S. The third-order valence-corrected chi connectivity index (χ3v) is 5.95. The Kier molecular flexibility index (Phi) is 5.18. The van der Waals surface area contributed by atoms with Crippen LogP contribution in [0.25, 0.3) is 16.7 Å². The van der Waals surface area contributed by atoms with Gasteiger partial charge in [-0.05, 0) is 54.6 Å². The number of aromatic nitrogens is 3. The van der Waals surface area contributed by atoms with Gasteiger partial charge in [-0.2, -0.15) is 0 Å². The molecule has 0 saturated heterocycles. The molecule has 0 fully saturated rings. The Morgan fingerprint density at radius 2 is 1.97 bits per heavy atom. The Bertz CT molecular complexity index is 1340. The number of amides is 1. The van der Waals surface area contributed by atoms with Gasteiger partial charge in [0.1, 0.15) is 11.2 Å². The number of oxazole rings is 1. The number of rotatable bonds is 6. The van der Waals surface area contributed by atoms with E-state index in [1.807, 2.05) is 84.4 Å². The lowest BCUT2D eigenvalue weighted by Gasteiger charge is -2.06. The number of hydrogen-bond donors (Lipinski definition) is 1. The summed E-state index contributed by atoms with van der Waals surface area (Å²) in [5, 5.41) is 2.93. The Morgan fingerprint density at radius 1 is 1.10 bits per heavy atom. The third-order valence-electron chi connectivity index (χ3n) is 4.91. The summed E-state index contributed by atoms with van der Waals surface area (Å²) in [6.07, 6.45) is 4.77. The molecule has 0 aliphatic heterocycles. The van der Waals surface area contributed by atoms with E-state index < -0.39 is 0 Å². The Labute approximate surface area is 183 Å². The highest BCUT2D eigenvalue weighted by molar-refractivity contribution is 7.98. The largest absolute Gasteiger partial charge is 0.441 e. The zero-order valence-corrected chi connectivity index (χ0v) is 17.7. The first-order chi connectivity index (χ1) is 15.2. The summed E-state index contributed by atoms with van der Waals surface area (Å²) in [5.74, 6) is 1.30. The van der Waals surface area contributed by atoms with Crippen molar-refractivity contribution in [2.75, 3.05) is 5.32 Å². The maximum atomic E-state index is 12.6. The van der Waals surface area contributed by atoms with Crippen molar-refractivity contribution in [2.24, 2.45) is 0 Å². The molecule has 7 heteroatoms. The second-order valence-electron chi connectivity index (χ2n) is 7.11. The molecule has 3 aromatic heterocycles. The first-order valence-electron chi connectivity index (χ1n) is 10.0. The number of hydrogen-bond acceptors (Lipinski definition) is 5. The zero-order valence-electron chi connectivity index (χ0n) is 16.9. The minimum atomic E-state index is -0.157. The number of nitrogens with zero attached hydrogens (tertiary/aromatic N) is 3. The summed E-state index contributed by atoms with van der Waals surface area (Å²) in [6.45, 7) is 1.99. The smallest absolute Gasteiger partial charge is 0.255 e. The molecule has 31 heavy (non-hydrogen) atoms. The Morgan fingerprint density at radius 3 is 2.77 bits per heavy atom. The second-order valence-corrected chi connectivity index (χ2v) is 8.16. The fraction of sp³-hybridized carbons (Fsp3) is 0.125. The van der Waals surface area contributed by atoms with Gasteiger partial charge in [-0.1, -0.05) is 13.0 Å². The molecule has 1 amide bonds. The molecule has 154 valence electrons. The topological polar surface area (TPSA) is 72.4 Å². The van der Waals surface area contributed by atoms with Crippen molar-refractivity contribution in [3.63, 3.8) is 0 Å². The summed E-state index contributed by atoms with van der Waals surface area (Å²) >= 11 is 1.69. The SMILES string of the molecule is CCc1nc2cc(NC(=O)c3ccc(SCc4cn5ccccc5n4)cc3)ccc2o1. The maximum absolute atomic E-state index is 12.6. The van der Waals surface area contributed by atoms with Crippen LogP contribution >= 0.6 is 11.8 Å². The monoisotopic (exact) mass is 428 g/mol. The quantitative estimate of drug-likeness (QED) is 0.357. The van der Waals surface area contributed by atoms with Crippen LogP contribution in [-0.2, 0) is 12.2 Å². The first-order valence-corrected chi connectivity index (χ1v) is 11.0. The van der Waals surface area contributed by atoms with E-state index in [-0.39, 0.29) is 5.91 Å². The van der Waals surface area contributed by atoms with Gasteiger partial charge in [0.15, 0.2) is 11.5 Å². The Balaban J connectivity index is 1.23. The van der Waals surface area contributed by atoms with E-state index in [9.17, 15) is 4.79 Å². The van der Waals surface area contributed by atoms with E-state index in [1.165, 1.54) is 0 Å². The minimum Gasteiger partial charge on any atom is -0.441 e. The van der Waals surface area contributed by atoms with Gasteiger partial charge in [-0.25, -0.2) is 9.97 Å². The van der Waals surface area contributed by atoms with Crippen LogP contribution in [0.5, 0.6) is 0 Å². The molecule has 0 atom stereocenters. The molecule has 3 heterocycles. The average molecular weight is 429 g/mol. The van der Waals surface area contributed by atoms with Crippen LogP contribution in [-0.4, -0.2) is 20.3 Å². The number of imidazole rings is 1. The number of benzene rings is 2. The summed E-state index contributed by atoms with van der Waals surface area (Å²) in [6, 6.07) is 19.0. The number of aryl methyl sites for hydroxylation is 1. The van der Waals surface area contributed by atoms with Crippen molar-refractivity contribution in [3.05, 3.63) is 90.2 Å². The number of carbonyl (C=O) groups is 1. The van der Waals surface area contributed by atoms with Crippen LogP contribution < -0.4 is 5.32 Å². The van der Waals surface area contributed by atoms with Gasteiger partial charge in [0, 0.05) is 40.7 Å². The van der Waals surface area contributed by atoms with Crippen molar-refractivity contribution in [1.29, 1.82) is 0 Å². The molecule has 0 aliphatic rings. The number of pyridine rings is 1. The fourth-order valence-electron chi connectivity index (χ4n) is 3.32. The minimum absolute atomic E-state index is 0.157. The molecule has 6 nitrogen and oxygen atoms in total. The number of anilines is 1. The molecule has 0 saturated carbocycles. The second kappa shape index (κ2) is 8.28. The molecule has 0 unspecified atom stereocenters. The lowest BCUT2D eigenvalue weighted by Crippen LogP contribution is -2.11. The van der Waals surface area contributed by atoms with Crippen LogP contribution in [0.4, 0.5) is 5.69 Å². The van der Waals surface area contributed by atoms with Gasteiger partial charge in [0.05, 0.1) is 5.69 Å². The number of nitrogens with one attached hydrogen (secondary N) is 1. The number of carbonyl (C=O) groups excluding carboxylic acids is 1. The van der Waals surface area contributed by atoms with Crippen molar-refractivity contribution < 1.29 is 9.21 Å². The molecule has 2 aromatic carbocycles. The highest BCUT2D eigenvalue weighted by Gasteiger charge is 2.10. The lowest BCUT2D eigenvalue weighted by atomic mass is 10.2. The van der Waals surface area contributed by atoms with Gasteiger partial charge in [0.25, 0.3) is 5.91 Å². The number of thioether (sulfide) groups is 1. The first kappa shape index (κ1) is 19.4. The van der Waals surface area contributed by atoms with Crippen LogP contribution in [0.3, 0.4) is 0 Å². The van der Waals surface area contributed by atoms with Crippen molar-refractivity contribution in [2.45, 2.75) is 24.0 Å². The van der Waals surface area contributed by atoms with Gasteiger partial charge in [-0.15, -0.1) is 11.8 Å². The molecular weight excluding hydrogens is 408 g/mol. The van der Waals surface area contributed by atoms with Crippen molar-refractivity contribution in [1.82, 2.24) is 14.4 Å². The molecule has 0 bridgehead atoms. The molecule has 0 radical (unpaired) electrons. The average Bonchev–Trinajstić information content (AvgIpc) is 3.41.